The van der Waals surface area contributed by atoms with Crippen LogP contribution in [-0.2, 0) is 9.47 Å². The van der Waals surface area contributed by atoms with Gasteiger partial charge in [0.15, 0.2) is 0 Å². The minimum atomic E-state index is -0.345. The van der Waals surface area contributed by atoms with Crippen LogP contribution in [0.15, 0.2) is 24.3 Å². The molecule has 1 fully saturated rings. The summed E-state index contributed by atoms with van der Waals surface area (Å²) in [4.78, 5) is 13.2. The van der Waals surface area contributed by atoms with Crippen molar-refractivity contribution in [3.8, 4) is 0 Å². The van der Waals surface area contributed by atoms with E-state index in [2.05, 4.69) is 0 Å². The minimum Gasteiger partial charge on any atom is -0.450 e. The zero-order valence-electron chi connectivity index (χ0n) is 10.3. The third kappa shape index (κ3) is 2.98. The number of nitrogens with zero attached hydrogens (tertiary/aromatic N) is 1. The largest absolute Gasteiger partial charge is 0.450 e. The fraction of sp³-hybridized carbons (Fsp3) is 0.462. The lowest BCUT2D eigenvalue weighted by atomic mass is 10.1. The van der Waals surface area contributed by atoms with Gasteiger partial charge in [-0.25, -0.2) is 9.18 Å². The Balaban J connectivity index is 2.04. The summed E-state index contributed by atoms with van der Waals surface area (Å²) in [6.07, 6.45) is -0.638. The first-order valence-corrected chi connectivity index (χ1v) is 5.99. The summed E-state index contributed by atoms with van der Waals surface area (Å²) in [5.41, 5.74) is 0.740. The zero-order chi connectivity index (χ0) is 13.0. The summed E-state index contributed by atoms with van der Waals surface area (Å²) in [5.74, 6) is -0.302. The Morgan fingerprint density at radius 1 is 1.61 bits per heavy atom. The second-order valence-corrected chi connectivity index (χ2v) is 4.06. The summed E-state index contributed by atoms with van der Waals surface area (Å²) in [5, 5.41) is 0. The van der Waals surface area contributed by atoms with Crippen molar-refractivity contribution < 1.29 is 18.7 Å². The fourth-order valence-corrected chi connectivity index (χ4v) is 1.94. The van der Waals surface area contributed by atoms with Gasteiger partial charge in [-0.2, -0.15) is 0 Å². The number of ether oxygens (including phenoxy) is 2. The molecule has 0 unspecified atom stereocenters. The molecule has 0 radical (unpaired) electrons. The molecule has 18 heavy (non-hydrogen) atoms. The SMILES string of the molecule is CCOC(=O)N1CCO[C@@H](c2cccc(F)c2)C1. The standard InChI is InChI=1S/C13H16FNO3/c1-2-17-13(16)15-6-7-18-12(9-15)10-4-3-5-11(14)8-10/h3-5,8,12H,2,6-7,9H2,1H3/t12-/m1/s1. The first-order valence-electron chi connectivity index (χ1n) is 5.99. The van der Waals surface area contributed by atoms with Crippen molar-refractivity contribution in [3.05, 3.63) is 35.6 Å². The van der Waals surface area contributed by atoms with Crippen LogP contribution in [0.1, 0.15) is 18.6 Å². The Hall–Kier alpha value is -1.62. The van der Waals surface area contributed by atoms with Gasteiger partial charge in [-0.15, -0.1) is 0 Å². The molecule has 2 rings (SSSR count). The van der Waals surface area contributed by atoms with Gasteiger partial charge in [-0.1, -0.05) is 12.1 Å². The maximum Gasteiger partial charge on any atom is 0.409 e. The molecule has 0 aliphatic carbocycles. The number of carbonyl (C=O) groups excluding carboxylic acids is 1. The quantitative estimate of drug-likeness (QED) is 0.812. The molecular formula is C13H16FNO3. The van der Waals surface area contributed by atoms with Crippen molar-refractivity contribution in [1.29, 1.82) is 0 Å². The van der Waals surface area contributed by atoms with Gasteiger partial charge in [0, 0.05) is 6.54 Å². The van der Waals surface area contributed by atoms with Crippen molar-refractivity contribution >= 4 is 6.09 Å². The van der Waals surface area contributed by atoms with Crippen LogP contribution in [0.25, 0.3) is 0 Å². The highest BCUT2D eigenvalue weighted by molar-refractivity contribution is 5.67. The van der Waals surface area contributed by atoms with Gasteiger partial charge in [0.1, 0.15) is 11.9 Å². The molecule has 1 aliphatic heterocycles. The van der Waals surface area contributed by atoms with Gasteiger partial charge < -0.3 is 14.4 Å². The molecule has 4 nitrogen and oxygen atoms in total. The number of carbonyl (C=O) groups is 1. The first-order chi connectivity index (χ1) is 8.70. The highest BCUT2D eigenvalue weighted by Crippen LogP contribution is 2.23. The van der Waals surface area contributed by atoms with Crippen molar-refractivity contribution in [3.63, 3.8) is 0 Å². The summed E-state index contributed by atoms with van der Waals surface area (Å²) in [6.45, 7) is 3.44. The van der Waals surface area contributed by atoms with E-state index in [1.807, 2.05) is 0 Å². The Morgan fingerprint density at radius 3 is 3.17 bits per heavy atom. The molecule has 0 aromatic heterocycles. The van der Waals surface area contributed by atoms with Gasteiger partial charge in [0.05, 0.1) is 19.8 Å². The lowest BCUT2D eigenvalue weighted by molar-refractivity contribution is -0.0280. The highest BCUT2D eigenvalue weighted by Gasteiger charge is 2.26. The molecule has 98 valence electrons. The molecule has 0 N–H and O–H groups in total. The van der Waals surface area contributed by atoms with E-state index in [9.17, 15) is 9.18 Å². The van der Waals surface area contributed by atoms with E-state index in [1.54, 1.807) is 24.0 Å². The van der Waals surface area contributed by atoms with Crippen LogP contribution in [0, 0.1) is 5.82 Å². The van der Waals surface area contributed by atoms with Crippen LogP contribution in [0.3, 0.4) is 0 Å². The third-order valence-electron chi connectivity index (χ3n) is 2.81. The number of rotatable bonds is 2. The number of hydrogen-bond acceptors (Lipinski definition) is 3. The van der Waals surface area contributed by atoms with Crippen molar-refractivity contribution in [2.75, 3.05) is 26.3 Å². The average Bonchev–Trinajstić information content (AvgIpc) is 2.39. The van der Waals surface area contributed by atoms with Gasteiger partial charge in [0.25, 0.3) is 0 Å². The fourth-order valence-electron chi connectivity index (χ4n) is 1.94. The molecule has 0 spiro atoms. The summed E-state index contributed by atoms with van der Waals surface area (Å²) >= 11 is 0. The maximum atomic E-state index is 13.1. The van der Waals surface area contributed by atoms with E-state index < -0.39 is 0 Å². The summed E-state index contributed by atoms with van der Waals surface area (Å²) < 4.78 is 23.6. The predicted octanol–water partition coefficient (Wildman–Crippen LogP) is 2.36. The summed E-state index contributed by atoms with van der Waals surface area (Å²) in [7, 11) is 0. The Bertz CT molecular complexity index is 424. The van der Waals surface area contributed by atoms with E-state index in [0.29, 0.717) is 26.3 Å². The van der Waals surface area contributed by atoms with Crippen LogP contribution < -0.4 is 0 Å². The van der Waals surface area contributed by atoms with Gasteiger partial charge >= 0.3 is 6.09 Å². The van der Waals surface area contributed by atoms with Gasteiger partial charge in [0.2, 0.25) is 0 Å². The number of amides is 1. The van der Waals surface area contributed by atoms with Crippen LogP contribution >= 0.6 is 0 Å². The molecule has 1 aliphatic rings. The highest BCUT2D eigenvalue weighted by atomic mass is 19.1. The molecule has 0 bridgehead atoms. The van der Waals surface area contributed by atoms with E-state index in [1.165, 1.54) is 12.1 Å². The first kappa shape index (κ1) is 12.8. The Kier molecular flexibility index (Phi) is 4.15. The second kappa shape index (κ2) is 5.82. The second-order valence-electron chi connectivity index (χ2n) is 4.06. The minimum absolute atomic E-state index is 0.293. The molecule has 1 aromatic rings. The molecule has 1 saturated heterocycles. The average molecular weight is 253 g/mol. The monoisotopic (exact) mass is 253 g/mol. The van der Waals surface area contributed by atoms with Crippen LogP contribution in [0.2, 0.25) is 0 Å². The van der Waals surface area contributed by atoms with Crippen molar-refractivity contribution in [2.45, 2.75) is 13.0 Å². The summed E-state index contributed by atoms with van der Waals surface area (Å²) in [6, 6.07) is 6.24. The Labute approximate surface area is 105 Å². The number of hydrogen-bond donors (Lipinski definition) is 0. The molecule has 5 heteroatoms. The third-order valence-corrected chi connectivity index (χ3v) is 2.81. The molecule has 0 saturated carbocycles. The predicted molar refractivity (Wildman–Crippen MR) is 63.7 cm³/mol. The molecule has 1 amide bonds. The van der Waals surface area contributed by atoms with Crippen molar-refractivity contribution in [2.24, 2.45) is 0 Å². The van der Waals surface area contributed by atoms with Gasteiger partial charge in [-0.05, 0) is 24.6 Å². The van der Waals surface area contributed by atoms with Gasteiger partial charge in [-0.3, -0.25) is 0 Å². The van der Waals surface area contributed by atoms with Crippen LogP contribution in [-0.4, -0.2) is 37.3 Å². The molecule has 1 heterocycles. The van der Waals surface area contributed by atoms with Crippen LogP contribution in [0.5, 0.6) is 0 Å². The van der Waals surface area contributed by atoms with E-state index >= 15 is 0 Å². The van der Waals surface area contributed by atoms with E-state index in [-0.39, 0.29) is 18.0 Å². The number of benzene rings is 1. The normalized spacial score (nSPS) is 19.7. The lowest BCUT2D eigenvalue weighted by Crippen LogP contribution is -2.42. The molecule has 1 atom stereocenters. The molecular weight excluding hydrogens is 237 g/mol. The number of morpholine rings is 1. The smallest absolute Gasteiger partial charge is 0.409 e. The van der Waals surface area contributed by atoms with Crippen LogP contribution in [0.4, 0.5) is 9.18 Å². The topological polar surface area (TPSA) is 38.8 Å². The van der Waals surface area contributed by atoms with E-state index in [4.69, 9.17) is 9.47 Å². The van der Waals surface area contributed by atoms with Crippen molar-refractivity contribution in [1.82, 2.24) is 4.90 Å². The zero-order valence-corrected chi connectivity index (χ0v) is 10.3. The number of halogens is 1. The molecule has 1 aromatic carbocycles. The lowest BCUT2D eigenvalue weighted by Gasteiger charge is -2.32. The Morgan fingerprint density at radius 2 is 2.44 bits per heavy atom. The van der Waals surface area contributed by atoms with E-state index in [0.717, 1.165) is 5.56 Å². The maximum absolute atomic E-state index is 13.1.